The SMILES string of the molecule is CCC.CCOc1ccccc1NC=O.[HH]. The van der Waals surface area contributed by atoms with Gasteiger partial charge in [-0.25, -0.2) is 0 Å². The first-order chi connectivity index (χ1) is 7.29. The molecule has 1 N–H and O–H groups in total. The van der Waals surface area contributed by atoms with Gasteiger partial charge in [-0.3, -0.25) is 4.79 Å². The van der Waals surface area contributed by atoms with Gasteiger partial charge in [0, 0.05) is 1.43 Å². The molecule has 0 aromatic heterocycles. The molecule has 0 bridgehead atoms. The number of nitrogens with one attached hydrogen (secondary N) is 1. The van der Waals surface area contributed by atoms with Crippen LogP contribution >= 0.6 is 0 Å². The van der Waals surface area contributed by atoms with E-state index in [9.17, 15) is 4.79 Å². The summed E-state index contributed by atoms with van der Waals surface area (Å²) >= 11 is 0. The highest BCUT2D eigenvalue weighted by atomic mass is 16.5. The minimum absolute atomic E-state index is 0. The van der Waals surface area contributed by atoms with Crippen LogP contribution < -0.4 is 10.1 Å². The van der Waals surface area contributed by atoms with Crippen LogP contribution in [0.3, 0.4) is 0 Å². The van der Waals surface area contributed by atoms with E-state index in [0.717, 1.165) is 0 Å². The highest BCUT2D eigenvalue weighted by Gasteiger charge is 1.98. The number of benzene rings is 1. The second kappa shape index (κ2) is 9.06. The van der Waals surface area contributed by atoms with Crippen LogP contribution in [0.1, 0.15) is 28.6 Å². The van der Waals surface area contributed by atoms with Crippen LogP contribution in [0.15, 0.2) is 24.3 Å². The second-order valence-corrected chi connectivity index (χ2v) is 2.90. The minimum atomic E-state index is 0. The molecule has 1 amide bonds. The van der Waals surface area contributed by atoms with Crippen LogP contribution in [0.25, 0.3) is 0 Å². The predicted octanol–water partition coefficient (Wildman–Crippen LogP) is 3.32. The molecule has 0 spiro atoms. The summed E-state index contributed by atoms with van der Waals surface area (Å²) in [5, 5.41) is 2.56. The van der Waals surface area contributed by atoms with E-state index >= 15 is 0 Å². The fourth-order valence-electron chi connectivity index (χ4n) is 0.931. The van der Waals surface area contributed by atoms with Crippen LogP contribution in [-0.4, -0.2) is 13.0 Å². The highest BCUT2D eigenvalue weighted by molar-refractivity contribution is 5.75. The van der Waals surface area contributed by atoms with Gasteiger partial charge < -0.3 is 10.1 Å². The van der Waals surface area contributed by atoms with E-state index in [1.165, 1.54) is 6.42 Å². The molecule has 0 atom stereocenters. The van der Waals surface area contributed by atoms with E-state index in [0.29, 0.717) is 24.5 Å². The number of carbonyl (C=O) groups excluding carboxylic acids is 1. The number of ether oxygens (including phenoxy) is 1. The summed E-state index contributed by atoms with van der Waals surface area (Å²) in [6, 6.07) is 7.31. The van der Waals surface area contributed by atoms with Gasteiger partial charge >= 0.3 is 0 Å². The molecule has 0 radical (unpaired) electrons. The Balaban J connectivity index is 0. The molecule has 0 aliphatic carbocycles. The van der Waals surface area contributed by atoms with Crippen molar-refractivity contribution in [3.63, 3.8) is 0 Å². The van der Waals surface area contributed by atoms with E-state index in [1.54, 1.807) is 6.07 Å². The maximum Gasteiger partial charge on any atom is 0.211 e. The van der Waals surface area contributed by atoms with Crippen molar-refractivity contribution in [3.05, 3.63) is 24.3 Å². The van der Waals surface area contributed by atoms with Crippen molar-refractivity contribution in [2.75, 3.05) is 11.9 Å². The number of rotatable bonds is 4. The van der Waals surface area contributed by atoms with Gasteiger partial charge in [0.25, 0.3) is 0 Å². The predicted molar refractivity (Wildman–Crippen MR) is 65.4 cm³/mol. The number of hydrogen-bond donors (Lipinski definition) is 1. The average Bonchev–Trinajstić information content (AvgIpc) is 2.23. The van der Waals surface area contributed by atoms with Crippen LogP contribution in [0.5, 0.6) is 5.75 Å². The van der Waals surface area contributed by atoms with Gasteiger partial charge in [0.1, 0.15) is 5.75 Å². The molecular formula is C12H21NO2. The van der Waals surface area contributed by atoms with E-state index in [4.69, 9.17) is 4.74 Å². The molecule has 1 aromatic rings. The lowest BCUT2D eigenvalue weighted by molar-refractivity contribution is -0.105. The van der Waals surface area contributed by atoms with E-state index in [2.05, 4.69) is 19.2 Å². The summed E-state index contributed by atoms with van der Waals surface area (Å²) in [7, 11) is 0. The van der Waals surface area contributed by atoms with Gasteiger partial charge in [0.05, 0.1) is 12.3 Å². The molecule has 0 aliphatic heterocycles. The fraction of sp³-hybridized carbons (Fsp3) is 0.417. The quantitative estimate of drug-likeness (QED) is 0.776. The van der Waals surface area contributed by atoms with Gasteiger partial charge in [0.15, 0.2) is 0 Å². The summed E-state index contributed by atoms with van der Waals surface area (Å²) < 4.78 is 5.27. The van der Waals surface area contributed by atoms with Crippen LogP contribution in [0, 0.1) is 0 Å². The van der Waals surface area contributed by atoms with Gasteiger partial charge in [0.2, 0.25) is 6.41 Å². The lowest BCUT2D eigenvalue weighted by atomic mass is 10.3. The second-order valence-electron chi connectivity index (χ2n) is 2.90. The van der Waals surface area contributed by atoms with Crippen molar-refractivity contribution in [1.29, 1.82) is 0 Å². The van der Waals surface area contributed by atoms with Crippen molar-refractivity contribution in [2.45, 2.75) is 27.2 Å². The van der Waals surface area contributed by atoms with E-state index in [-0.39, 0.29) is 1.43 Å². The molecule has 0 saturated carbocycles. The molecular weight excluding hydrogens is 190 g/mol. The number of amides is 1. The van der Waals surface area contributed by atoms with Gasteiger partial charge in [-0.1, -0.05) is 32.4 Å². The van der Waals surface area contributed by atoms with Crippen molar-refractivity contribution >= 4 is 12.1 Å². The number of para-hydroxylation sites is 2. The van der Waals surface area contributed by atoms with Crippen molar-refractivity contribution in [3.8, 4) is 5.75 Å². The molecule has 0 heterocycles. The Labute approximate surface area is 92.9 Å². The molecule has 3 heteroatoms. The molecule has 3 nitrogen and oxygen atoms in total. The molecule has 1 rings (SSSR count). The molecule has 15 heavy (non-hydrogen) atoms. The third-order valence-electron chi connectivity index (χ3n) is 1.40. The first-order valence-corrected chi connectivity index (χ1v) is 5.22. The number of anilines is 1. The molecule has 1 aromatic carbocycles. The topological polar surface area (TPSA) is 38.3 Å². The number of hydrogen-bond acceptors (Lipinski definition) is 2. The largest absolute Gasteiger partial charge is 0.492 e. The van der Waals surface area contributed by atoms with E-state index in [1.807, 2.05) is 25.1 Å². The van der Waals surface area contributed by atoms with Gasteiger partial charge in [-0.2, -0.15) is 0 Å². The number of carbonyl (C=O) groups is 1. The maximum absolute atomic E-state index is 10.2. The Hall–Kier alpha value is -1.51. The normalized spacial score (nSPS) is 8.47. The van der Waals surface area contributed by atoms with E-state index < -0.39 is 0 Å². The van der Waals surface area contributed by atoms with Crippen LogP contribution in [0.4, 0.5) is 5.69 Å². The Kier molecular flexibility index (Phi) is 8.15. The molecule has 0 unspecified atom stereocenters. The van der Waals surface area contributed by atoms with Crippen LogP contribution in [-0.2, 0) is 4.79 Å². The summed E-state index contributed by atoms with van der Waals surface area (Å²) in [6.45, 7) is 6.75. The molecule has 86 valence electrons. The van der Waals surface area contributed by atoms with Gasteiger partial charge in [-0.05, 0) is 19.1 Å². The third kappa shape index (κ3) is 5.73. The molecule has 0 aliphatic rings. The highest BCUT2D eigenvalue weighted by Crippen LogP contribution is 2.22. The fourth-order valence-corrected chi connectivity index (χ4v) is 0.931. The van der Waals surface area contributed by atoms with Crippen molar-refractivity contribution in [2.24, 2.45) is 0 Å². The Morgan fingerprint density at radius 2 is 1.93 bits per heavy atom. The monoisotopic (exact) mass is 211 g/mol. The zero-order valence-corrected chi connectivity index (χ0v) is 9.62. The summed E-state index contributed by atoms with van der Waals surface area (Å²) in [6.07, 6.45) is 1.89. The lowest BCUT2D eigenvalue weighted by Crippen LogP contribution is -1.99. The summed E-state index contributed by atoms with van der Waals surface area (Å²) in [5.74, 6) is 0.701. The lowest BCUT2D eigenvalue weighted by Gasteiger charge is -2.07. The zero-order valence-electron chi connectivity index (χ0n) is 9.62. The molecule has 0 fully saturated rings. The Morgan fingerprint density at radius 3 is 2.47 bits per heavy atom. The maximum atomic E-state index is 10.2. The Morgan fingerprint density at radius 1 is 1.33 bits per heavy atom. The Bertz CT molecular complexity index is 279. The summed E-state index contributed by atoms with van der Waals surface area (Å²) in [5.41, 5.74) is 0.703. The first-order valence-electron chi connectivity index (χ1n) is 5.22. The van der Waals surface area contributed by atoms with Crippen molar-refractivity contribution < 1.29 is 11.0 Å². The third-order valence-corrected chi connectivity index (χ3v) is 1.40. The first kappa shape index (κ1) is 13.5. The minimum Gasteiger partial charge on any atom is -0.492 e. The zero-order chi connectivity index (χ0) is 11.5. The van der Waals surface area contributed by atoms with Crippen LogP contribution in [0.2, 0.25) is 0 Å². The molecule has 0 saturated heterocycles. The van der Waals surface area contributed by atoms with Gasteiger partial charge in [-0.15, -0.1) is 0 Å². The standard InChI is InChI=1S/C9H11NO2.C3H8.H2/c1-2-12-9-6-4-3-5-8(9)10-7-11;1-3-2;/h3-7H,2H2,1H3,(H,10,11);3H2,1-2H3;1H. The average molecular weight is 211 g/mol. The van der Waals surface area contributed by atoms with Crippen molar-refractivity contribution in [1.82, 2.24) is 0 Å². The smallest absolute Gasteiger partial charge is 0.211 e. The summed E-state index contributed by atoms with van der Waals surface area (Å²) in [4.78, 5) is 10.2.